The van der Waals surface area contributed by atoms with E-state index in [0.29, 0.717) is 56.9 Å². The van der Waals surface area contributed by atoms with E-state index < -0.39 is 28.8 Å². The number of carbonyl (C=O) groups is 2. The Morgan fingerprint density at radius 2 is 1.77 bits per heavy atom. The van der Waals surface area contributed by atoms with Gasteiger partial charge < -0.3 is 31.4 Å². The van der Waals surface area contributed by atoms with Gasteiger partial charge in [0, 0.05) is 19.5 Å². The van der Waals surface area contributed by atoms with Crippen LogP contribution >= 0.6 is 0 Å². The quantitative estimate of drug-likeness (QED) is 0.0681. The molecular weight excluding hydrogens is 619 g/mol. The topological polar surface area (TPSA) is 187 Å². The first-order chi connectivity index (χ1) is 22.1. The predicted octanol–water partition coefficient (Wildman–Crippen LogP) is 2.86. The van der Waals surface area contributed by atoms with E-state index in [4.69, 9.17) is 20.8 Å². The average Bonchev–Trinajstić information content (AvgIpc) is 3.37. The summed E-state index contributed by atoms with van der Waals surface area (Å²) in [4.78, 5) is 31.0. The van der Waals surface area contributed by atoms with Crippen LogP contribution in [0.3, 0.4) is 0 Å². The molecule has 2 bridgehead atoms. The fraction of sp³-hybridized carbons (Fsp3) is 0.727. The molecule has 7 N–H and O–H groups in total. The van der Waals surface area contributed by atoms with Crippen LogP contribution in [0.4, 0.5) is 0 Å². The van der Waals surface area contributed by atoms with Crippen molar-refractivity contribution in [2.75, 3.05) is 13.1 Å². The summed E-state index contributed by atoms with van der Waals surface area (Å²) in [5, 5.41) is 6.10. The first-order valence-corrected chi connectivity index (χ1v) is 18.6. The maximum atomic E-state index is 13.8. The molecule has 12 nitrogen and oxygen atoms in total. The SMILES string of the molecule is CC(C)C[C@H](NC(=O)[C@H](CCCN=C(N)N)NC(=O)CCCCCNS(=O)(=O)c1ccccc1)B1O[C@@H]2C[C@@H]3C[C@@H](C3(C)C)[C@]2(C)O1. The summed E-state index contributed by atoms with van der Waals surface area (Å²) in [7, 11) is -4.13. The van der Waals surface area contributed by atoms with Gasteiger partial charge in [0.25, 0.3) is 0 Å². The second kappa shape index (κ2) is 15.7. The zero-order chi connectivity index (χ0) is 34.4. The van der Waals surface area contributed by atoms with Crippen molar-refractivity contribution < 1.29 is 27.3 Å². The highest BCUT2D eigenvalue weighted by Gasteiger charge is 2.68. The Balaban J connectivity index is 1.31. The van der Waals surface area contributed by atoms with E-state index in [1.54, 1.807) is 30.3 Å². The minimum Gasteiger partial charge on any atom is -0.404 e. The van der Waals surface area contributed by atoms with E-state index in [9.17, 15) is 18.0 Å². The third-order valence-electron chi connectivity index (χ3n) is 10.4. The average molecular weight is 675 g/mol. The maximum Gasteiger partial charge on any atom is 0.481 e. The summed E-state index contributed by atoms with van der Waals surface area (Å²) in [6.07, 6.45) is 5.63. The van der Waals surface area contributed by atoms with Gasteiger partial charge in [0.1, 0.15) is 6.04 Å². The number of amides is 2. The minimum atomic E-state index is -3.56. The van der Waals surface area contributed by atoms with E-state index in [0.717, 1.165) is 12.8 Å². The zero-order valence-electron chi connectivity index (χ0n) is 28.7. The number of unbranched alkanes of at least 4 members (excludes halogenated alkanes) is 2. The lowest BCUT2D eigenvalue weighted by Crippen LogP contribution is -2.65. The molecule has 1 heterocycles. The second-order valence-electron chi connectivity index (χ2n) is 14.7. The molecule has 0 unspecified atom stereocenters. The van der Waals surface area contributed by atoms with Gasteiger partial charge in [0.2, 0.25) is 21.8 Å². The number of nitrogens with one attached hydrogen (secondary N) is 3. The number of sulfonamides is 1. The van der Waals surface area contributed by atoms with Crippen LogP contribution in [0, 0.1) is 23.2 Å². The van der Waals surface area contributed by atoms with Crippen molar-refractivity contribution in [3.8, 4) is 0 Å². The molecule has 3 aliphatic carbocycles. The van der Waals surface area contributed by atoms with E-state index in [2.05, 4.69) is 55.0 Å². The van der Waals surface area contributed by atoms with Gasteiger partial charge >= 0.3 is 7.12 Å². The van der Waals surface area contributed by atoms with Crippen LogP contribution in [0.2, 0.25) is 0 Å². The van der Waals surface area contributed by atoms with Crippen LogP contribution in [-0.2, 0) is 28.9 Å². The third kappa shape index (κ3) is 9.27. The maximum absolute atomic E-state index is 13.8. The molecule has 1 aromatic carbocycles. The van der Waals surface area contributed by atoms with Gasteiger partial charge in [-0.3, -0.25) is 14.6 Å². The lowest BCUT2D eigenvalue weighted by Gasteiger charge is -2.64. The number of nitrogens with two attached hydrogens (primary N) is 2. The highest BCUT2D eigenvalue weighted by Crippen LogP contribution is 2.65. The van der Waals surface area contributed by atoms with Crippen LogP contribution in [0.25, 0.3) is 0 Å². The summed E-state index contributed by atoms with van der Waals surface area (Å²) in [6.45, 7) is 11.6. The molecule has 0 aromatic heterocycles. The number of guanidine groups is 1. The largest absolute Gasteiger partial charge is 0.481 e. The van der Waals surface area contributed by atoms with Crippen molar-refractivity contribution in [2.45, 2.75) is 121 Å². The first-order valence-electron chi connectivity index (χ1n) is 17.2. The van der Waals surface area contributed by atoms with Gasteiger partial charge in [-0.05, 0) is 87.2 Å². The van der Waals surface area contributed by atoms with Crippen LogP contribution in [-0.4, -0.2) is 70.1 Å². The zero-order valence-corrected chi connectivity index (χ0v) is 29.5. The minimum absolute atomic E-state index is 0.000400. The molecule has 1 saturated heterocycles. The number of carbonyl (C=O) groups excluding carboxylic acids is 2. The fourth-order valence-corrected chi connectivity index (χ4v) is 8.71. The Morgan fingerprint density at radius 3 is 2.43 bits per heavy atom. The molecule has 262 valence electrons. The van der Waals surface area contributed by atoms with Crippen molar-refractivity contribution >= 4 is 34.9 Å². The highest BCUT2D eigenvalue weighted by atomic mass is 32.2. The van der Waals surface area contributed by atoms with Crippen LogP contribution in [0.15, 0.2) is 40.2 Å². The van der Waals surface area contributed by atoms with Crippen molar-refractivity contribution in [1.29, 1.82) is 0 Å². The van der Waals surface area contributed by atoms with Gasteiger partial charge in [0.15, 0.2) is 5.96 Å². The number of aliphatic imine (C=N–C) groups is 1. The van der Waals surface area contributed by atoms with Gasteiger partial charge in [-0.25, -0.2) is 13.1 Å². The smallest absolute Gasteiger partial charge is 0.404 e. The van der Waals surface area contributed by atoms with Gasteiger partial charge in [-0.1, -0.05) is 52.3 Å². The molecular formula is C33H55BN6O6S. The number of nitrogens with zero attached hydrogens (tertiary/aromatic N) is 1. The van der Waals surface area contributed by atoms with Crippen molar-refractivity contribution in [2.24, 2.45) is 39.6 Å². The normalized spacial score (nSPS) is 25.7. The Labute approximate surface area is 281 Å². The molecule has 14 heteroatoms. The van der Waals surface area contributed by atoms with E-state index in [1.165, 1.54) is 0 Å². The fourth-order valence-electron chi connectivity index (χ4n) is 7.62. The lowest BCUT2D eigenvalue weighted by molar-refractivity contribution is -0.199. The summed E-state index contributed by atoms with van der Waals surface area (Å²) in [6, 6.07) is 7.43. The van der Waals surface area contributed by atoms with Crippen molar-refractivity contribution in [1.82, 2.24) is 15.4 Å². The molecule has 0 radical (unpaired) electrons. The monoisotopic (exact) mass is 674 g/mol. The van der Waals surface area contributed by atoms with Crippen LogP contribution in [0.1, 0.15) is 92.4 Å². The van der Waals surface area contributed by atoms with E-state index >= 15 is 0 Å². The van der Waals surface area contributed by atoms with Crippen LogP contribution < -0.4 is 26.8 Å². The molecule has 1 aromatic rings. The lowest BCUT2D eigenvalue weighted by atomic mass is 9.43. The Kier molecular flexibility index (Phi) is 12.4. The second-order valence-corrected chi connectivity index (χ2v) is 16.4. The summed E-state index contributed by atoms with van der Waals surface area (Å²) in [5.74, 6) is 0.374. The Bertz CT molecular complexity index is 1360. The summed E-state index contributed by atoms with van der Waals surface area (Å²) >= 11 is 0. The van der Waals surface area contributed by atoms with Crippen molar-refractivity contribution in [3.63, 3.8) is 0 Å². The standard InChI is InChI=1S/C33H55BN6O6S/c1-22(2)19-28(34-45-27-21-23-20-26(32(23,3)4)33(27,5)46-34)40-30(42)25(15-12-17-37-31(35)36)39-29(41)16-10-7-11-18-38-47(43,44)24-13-8-6-9-14-24/h6,8-9,13-14,22-23,25-28,38H,7,10-12,15-21H2,1-5H3,(H,39,41)(H,40,42)(H4,35,36,37)/t23-,25-,26-,27+,28-,33-/m0/s1. The predicted molar refractivity (Wildman–Crippen MR) is 183 cm³/mol. The van der Waals surface area contributed by atoms with Gasteiger partial charge in [0.05, 0.1) is 22.5 Å². The van der Waals surface area contributed by atoms with Gasteiger partial charge in [-0.15, -0.1) is 0 Å². The number of hydrogen-bond acceptors (Lipinski definition) is 7. The number of rotatable bonds is 18. The summed E-state index contributed by atoms with van der Waals surface area (Å²) in [5.41, 5.74) is 10.8. The number of hydrogen-bond donors (Lipinski definition) is 5. The molecule has 47 heavy (non-hydrogen) atoms. The molecule has 2 amide bonds. The molecule has 6 atom stereocenters. The highest BCUT2D eigenvalue weighted by molar-refractivity contribution is 7.89. The molecule has 4 fully saturated rings. The number of benzene rings is 1. The van der Waals surface area contributed by atoms with Crippen LogP contribution in [0.5, 0.6) is 0 Å². The third-order valence-corrected chi connectivity index (χ3v) is 11.9. The molecule has 4 aliphatic rings. The molecule has 0 spiro atoms. The molecule has 3 saturated carbocycles. The molecule has 1 aliphatic heterocycles. The van der Waals surface area contributed by atoms with Crippen molar-refractivity contribution in [3.05, 3.63) is 30.3 Å². The Morgan fingerprint density at radius 1 is 1.04 bits per heavy atom. The Hall–Kier alpha value is -2.68. The molecule has 5 rings (SSSR count). The first kappa shape index (κ1) is 37.1. The van der Waals surface area contributed by atoms with E-state index in [1.807, 2.05) is 0 Å². The summed E-state index contributed by atoms with van der Waals surface area (Å²) < 4.78 is 40.6. The van der Waals surface area contributed by atoms with E-state index in [-0.39, 0.29) is 59.0 Å². The van der Waals surface area contributed by atoms with Gasteiger partial charge in [-0.2, -0.15) is 0 Å².